The van der Waals surface area contributed by atoms with E-state index >= 15 is 0 Å². The van der Waals surface area contributed by atoms with E-state index in [1.54, 1.807) is 72.8 Å². The van der Waals surface area contributed by atoms with Crippen LogP contribution >= 0.6 is 15.9 Å². The lowest BCUT2D eigenvalue weighted by atomic mass is 10.1. The van der Waals surface area contributed by atoms with Gasteiger partial charge >= 0.3 is 5.97 Å². The van der Waals surface area contributed by atoms with Gasteiger partial charge in [0.2, 0.25) is 0 Å². The molecule has 0 radical (unpaired) electrons. The molecular formula is C22H17BrN2O4. The minimum atomic E-state index is -1.31. The summed E-state index contributed by atoms with van der Waals surface area (Å²) in [5, 5.41) is 13.9. The van der Waals surface area contributed by atoms with E-state index < -0.39 is 18.0 Å². The van der Waals surface area contributed by atoms with E-state index in [2.05, 4.69) is 26.5 Å². The van der Waals surface area contributed by atoms with Crippen LogP contribution in [0.5, 0.6) is 5.75 Å². The van der Waals surface area contributed by atoms with Crippen LogP contribution in [0, 0.1) is 0 Å². The highest BCUT2D eigenvalue weighted by Crippen LogP contribution is 2.17. The van der Waals surface area contributed by atoms with Gasteiger partial charge in [-0.05, 0) is 41.5 Å². The largest absolute Gasteiger partial charge is 0.423 e. The van der Waals surface area contributed by atoms with Crippen LogP contribution in [-0.4, -0.2) is 23.2 Å². The van der Waals surface area contributed by atoms with Crippen LogP contribution in [0.1, 0.15) is 27.6 Å². The van der Waals surface area contributed by atoms with Crippen molar-refractivity contribution in [3.05, 3.63) is 100 Å². The number of halogens is 1. The van der Waals surface area contributed by atoms with Gasteiger partial charge < -0.3 is 9.84 Å². The van der Waals surface area contributed by atoms with Crippen LogP contribution in [-0.2, 0) is 4.79 Å². The molecule has 0 aliphatic carbocycles. The van der Waals surface area contributed by atoms with Crippen molar-refractivity contribution in [2.75, 3.05) is 0 Å². The van der Waals surface area contributed by atoms with Gasteiger partial charge in [-0.25, -0.2) is 10.2 Å². The number of hydrogen-bond acceptors (Lipinski definition) is 5. The molecule has 0 saturated heterocycles. The molecule has 0 aliphatic rings. The third kappa shape index (κ3) is 5.84. The molecule has 1 atom stereocenters. The lowest BCUT2D eigenvalue weighted by molar-refractivity contribution is -0.129. The van der Waals surface area contributed by atoms with Gasteiger partial charge in [0.15, 0.2) is 6.10 Å². The second kappa shape index (κ2) is 9.77. The smallest absolute Gasteiger partial charge is 0.343 e. The summed E-state index contributed by atoms with van der Waals surface area (Å²) < 4.78 is 6.15. The molecule has 0 fully saturated rings. The number of carbonyl (C=O) groups excluding carboxylic acids is 2. The van der Waals surface area contributed by atoms with Crippen molar-refractivity contribution in [1.82, 2.24) is 5.43 Å². The first-order valence-corrected chi connectivity index (χ1v) is 9.46. The Hall–Kier alpha value is -3.29. The average molecular weight is 453 g/mol. The zero-order chi connectivity index (χ0) is 20.6. The molecule has 3 rings (SSSR count). The number of aliphatic hydroxyl groups excluding tert-OH is 1. The van der Waals surface area contributed by atoms with Crippen molar-refractivity contribution in [3.8, 4) is 5.75 Å². The minimum absolute atomic E-state index is 0.342. The van der Waals surface area contributed by atoms with E-state index in [1.807, 2.05) is 6.07 Å². The molecule has 0 heterocycles. The molecule has 1 unspecified atom stereocenters. The number of hydrazone groups is 1. The van der Waals surface area contributed by atoms with E-state index in [4.69, 9.17) is 4.74 Å². The summed E-state index contributed by atoms with van der Waals surface area (Å²) in [6, 6.07) is 22.1. The van der Waals surface area contributed by atoms with Crippen molar-refractivity contribution in [1.29, 1.82) is 0 Å². The number of esters is 1. The van der Waals surface area contributed by atoms with Gasteiger partial charge in [-0.2, -0.15) is 5.10 Å². The maximum absolute atomic E-state index is 12.2. The Morgan fingerprint density at radius 2 is 1.76 bits per heavy atom. The predicted molar refractivity (Wildman–Crippen MR) is 113 cm³/mol. The quantitative estimate of drug-likeness (QED) is 0.257. The second-order valence-electron chi connectivity index (χ2n) is 6.02. The van der Waals surface area contributed by atoms with E-state index in [0.29, 0.717) is 22.4 Å². The zero-order valence-electron chi connectivity index (χ0n) is 15.2. The van der Waals surface area contributed by atoms with Gasteiger partial charge in [-0.3, -0.25) is 4.79 Å². The van der Waals surface area contributed by atoms with Gasteiger partial charge in [0.05, 0.1) is 11.8 Å². The number of nitrogens with one attached hydrogen (secondary N) is 1. The molecule has 0 aliphatic heterocycles. The average Bonchev–Trinajstić information content (AvgIpc) is 2.74. The summed E-state index contributed by atoms with van der Waals surface area (Å²) in [6.07, 6.45) is 0.0809. The third-order valence-corrected chi connectivity index (χ3v) is 4.37. The van der Waals surface area contributed by atoms with Crippen molar-refractivity contribution in [2.45, 2.75) is 6.10 Å². The highest BCUT2D eigenvalue weighted by Gasteiger charge is 2.16. The third-order valence-electron chi connectivity index (χ3n) is 3.88. The van der Waals surface area contributed by atoms with E-state index in [0.717, 1.165) is 4.47 Å². The lowest BCUT2D eigenvalue weighted by Gasteiger charge is -2.08. The number of hydrogen-bond donors (Lipinski definition) is 2. The molecule has 146 valence electrons. The molecule has 2 N–H and O–H groups in total. The van der Waals surface area contributed by atoms with Gasteiger partial charge in [0.1, 0.15) is 5.75 Å². The number of ether oxygens (including phenoxy) is 1. The Bertz CT molecular complexity index is 1040. The topological polar surface area (TPSA) is 88.0 Å². The summed E-state index contributed by atoms with van der Waals surface area (Å²) in [5.41, 5.74) is 3.79. The van der Waals surface area contributed by atoms with Gasteiger partial charge in [-0.1, -0.05) is 64.5 Å². The molecule has 0 aromatic heterocycles. The van der Waals surface area contributed by atoms with Crippen LogP contribution < -0.4 is 10.2 Å². The molecule has 7 heteroatoms. The normalized spacial score (nSPS) is 11.8. The molecule has 29 heavy (non-hydrogen) atoms. The first kappa shape index (κ1) is 20.4. The number of carbonyl (C=O) groups is 2. The standard InChI is InChI=1S/C22H17BrN2O4/c23-18-10-5-9-17(13-18)22(28)29-19-11-4-6-15(12-19)14-24-25-21(27)20(26)16-7-2-1-3-8-16/h1-14,20,26H,(H,25,27). The number of amides is 1. The number of aliphatic hydroxyl groups is 1. The van der Waals surface area contributed by atoms with Crippen molar-refractivity contribution in [3.63, 3.8) is 0 Å². The molecule has 3 aromatic carbocycles. The fraction of sp³-hybridized carbons (Fsp3) is 0.0455. The summed E-state index contributed by atoms with van der Waals surface area (Å²) in [7, 11) is 0. The Balaban J connectivity index is 1.60. The van der Waals surface area contributed by atoms with E-state index in [1.165, 1.54) is 6.21 Å². The first-order valence-electron chi connectivity index (χ1n) is 8.66. The van der Waals surface area contributed by atoms with Crippen molar-refractivity contribution >= 4 is 34.0 Å². The SMILES string of the molecule is O=C(Oc1cccc(C=NNC(=O)C(O)c2ccccc2)c1)c1cccc(Br)c1. The maximum Gasteiger partial charge on any atom is 0.343 e. The van der Waals surface area contributed by atoms with Crippen LogP contribution in [0.4, 0.5) is 0 Å². The van der Waals surface area contributed by atoms with Crippen LogP contribution in [0.15, 0.2) is 88.4 Å². The van der Waals surface area contributed by atoms with Crippen LogP contribution in [0.2, 0.25) is 0 Å². The summed E-state index contributed by atoms with van der Waals surface area (Å²) in [6.45, 7) is 0. The zero-order valence-corrected chi connectivity index (χ0v) is 16.7. The fourth-order valence-electron chi connectivity index (χ4n) is 2.46. The molecule has 3 aromatic rings. The van der Waals surface area contributed by atoms with Gasteiger partial charge in [0.25, 0.3) is 5.91 Å². The second-order valence-corrected chi connectivity index (χ2v) is 6.94. The number of benzene rings is 3. The molecule has 0 bridgehead atoms. The first-order chi connectivity index (χ1) is 14.0. The molecule has 0 spiro atoms. The van der Waals surface area contributed by atoms with E-state index in [-0.39, 0.29) is 0 Å². The van der Waals surface area contributed by atoms with Crippen LogP contribution in [0.25, 0.3) is 0 Å². The highest BCUT2D eigenvalue weighted by atomic mass is 79.9. The molecule has 0 saturated carbocycles. The fourth-order valence-corrected chi connectivity index (χ4v) is 2.86. The van der Waals surface area contributed by atoms with Gasteiger partial charge in [0, 0.05) is 4.47 Å². The van der Waals surface area contributed by atoms with Crippen LogP contribution in [0.3, 0.4) is 0 Å². The lowest BCUT2D eigenvalue weighted by Crippen LogP contribution is -2.25. The summed E-state index contributed by atoms with van der Waals surface area (Å²) in [4.78, 5) is 24.2. The molecule has 1 amide bonds. The highest BCUT2D eigenvalue weighted by molar-refractivity contribution is 9.10. The number of rotatable bonds is 6. The van der Waals surface area contributed by atoms with Gasteiger partial charge in [-0.15, -0.1) is 0 Å². The van der Waals surface area contributed by atoms with Crippen molar-refractivity contribution in [2.24, 2.45) is 5.10 Å². The Morgan fingerprint density at radius 1 is 1.00 bits per heavy atom. The maximum atomic E-state index is 12.2. The summed E-state index contributed by atoms with van der Waals surface area (Å²) in [5.74, 6) is -0.793. The Labute approximate surface area is 176 Å². The monoisotopic (exact) mass is 452 g/mol. The predicted octanol–water partition coefficient (Wildman–Crippen LogP) is 3.85. The molecule has 6 nitrogen and oxygen atoms in total. The minimum Gasteiger partial charge on any atom is -0.423 e. The van der Waals surface area contributed by atoms with Crippen molar-refractivity contribution < 1.29 is 19.4 Å². The Morgan fingerprint density at radius 3 is 2.52 bits per heavy atom. The van der Waals surface area contributed by atoms with E-state index in [9.17, 15) is 14.7 Å². The Kier molecular flexibility index (Phi) is 6.89. The molecular weight excluding hydrogens is 436 g/mol. The summed E-state index contributed by atoms with van der Waals surface area (Å²) >= 11 is 3.32. The number of nitrogens with zero attached hydrogens (tertiary/aromatic N) is 1.